The number of benzene rings is 2. The molecule has 2 aliphatic heterocycles. The quantitative estimate of drug-likeness (QED) is 0.801. The Balaban J connectivity index is 1.41. The fourth-order valence-corrected chi connectivity index (χ4v) is 4.61. The van der Waals surface area contributed by atoms with Gasteiger partial charge in [-0.3, -0.25) is 19.3 Å². The third-order valence-corrected chi connectivity index (χ3v) is 6.14. The number of hydrogen-bond donors (Lipinski definition) is 1. The molecule has 3 aliphatic rings. The van der Waals surface area contributed by atoms with E-state index in [2.05, 4.69) is 24.0 Å². The fraction of sp³-hybridized carbons (Fsp3) is 0.292. The van der Waals surface area contributed by atoms with Crippen molar-refractivity contribution in [2.45, 2.75) is 44.2 Å². The van der Waals surface area contributed by atoms with E-state index in [1.807, 2.05) is 12.1 Å². The topological polar surface area (TPSA) is 75.7 Å². The van der Waals surface area contributed by atoms with Crippen molar-refractivity contribution in [3.63, 3.8) is 0 Å². The van der Waals surface area contributed by atoms with Gasteiger partial charge in [0.1, 0.15) is 17.9 Å². The standard InChI is InChI=1S/C24H22N2O4/c1-14-9-12-19(22(27)25-14)26-23(28)18-7-4-8-20(21(18)24(26)29)30-17-11-10-15-5-2-3-6-16(15)13-17/h2-8,17,19H,1,9-13H2,(H,25,27). The number of piperidine rings is 1. The highest BCUT2D eigenvalue weighted by atomic mass is 16.5. The van der Waals surface area contributed by atoms with E-state index >= 15 is 0 Å². The highest BCUT2D eigenvalue weighted by Crippen LogP contribution is 2.35. The van der Waals surface area contributed by atoms with Crippen LogP contribution >= 0.6 is 0 Å². The van der Waals surface area contributed by atoms with Crippen molar-refractivity contribution in [1.82, 2.24) is 10.2 Å². The van der Waals surface area contributed by atoms with Crippen LogP contribution in [0.4, 0.5) is 0 Å². The lowest BCUT2D eigenvalue weighted by Gasteiger charge is -2.29. The number of imide groups is 1. The molecule has 0 bridgehead atoms. The Morgan fingerprint density at radius 1 is 0.933 bits per heavy atom. The van der Waals surface area contributed by atoms with Crippen molar-refractivity contribution in [2.75, 3.05) is 0 Å². The van der Waals surface area contributed by atoms with Gasteiger partial charge < -0.3 is 10.1 Å². The normalized spacial score (nSPS) is 23.1. The van der Waals surface area contributed by atoms with Crippen molar-refractivity contribution < 1.29 is 19.1 Å². The van der Waals surface area contributed by atoms with E-state index in [4.69, 9.17) is 4.74 Å². The first-order valence-electron chi connectivity index (χ1n) is 10.3. The highest BCUT2D eigenvalue weighted by molar-refractivity contribution is 6.24. The number of fused-ring (bicyclic) bond motifs is 2. The largest absolute Gasteiger partial charge is 0.489 e. The van der Waals surface area contributed by atoms with Crippen LogP contribution in [0.2, 0.25) is 0 Å². The monoisotopic (exact) mass is 402 g/mol. The Hall–Kier alpha value is -3.41. The van der Waals surface area contributed by atoms with E-state index in [-0.39, 0.29) is 17.6 Å². The predicted octanol–water partition coefficient (Wildman–Crippen LogP) is 3.01. The number of nitrogens with zero attached hydrogens (tertiary/aromatic N) is 1. The van der Waals surface area contributed by atoms with E-state index in [1.165, 1.54) is 11.1 Å². The Labute approximate surface area is 174 Å². The van der Waals surface area contributed by atoms with Crippen LogP contribution in [0.15, 0.2) is 54.7 Å². The van der Waals surface area contributed by atoms with Crippen LogP contribution in [0.1, 0.15) is 51.1 Å². The molecular weight excluding hydrogens is 380 g/mol. The van der Waals surface area contributed by atoms with Crippen LogP contribution in [0.5, 0.6) is 5.75 Å². The van der Waals surface area contributed by atoms with Gasteiger partial charge in [0.15, 0.2) is 0 Å². The highest BCUT2D eigenvalue weighted by Gasteiger charge is 2.45. The Morgan fingerprint density at radius 3 is 2.53 bits per heavy atom. The predicted molar refractivity (Wildman–Crippen MR) is 110 cm³/mol. The first kappa shape index (κ1) is 18.6. The smallest absolute Gasteiger partial charge is 0.266 e. The number of amides is 3. The molecule has 2 heterocycles. The van der Waals surface area contributed by atoms with Gasteiger partial charge in [-0.15, -0.1) is 0 Å². The summed E-state index contributed by atoms with van der Waals surface area (Å²) >= 11 is 0. The number of aryl methyl sites for hydroxylation is 1. The molecular formula is C24H22N2O4. The second-order valence-electron chi connectivity index (χ2n) is 8.06. The average molecular weight is 402 g/mol. The molecule has 2 aromatic rings. The fourth-order valence-electron chi connectivity index (χ4n) is 4.61. The molecule has 0 spiro atoms. The molecule has 2 atom stereocenters. The number of carbonyl (C=O) groups is 3. The lowest BCUT2D eigenvalue weighted by molar-refractivity contribution is -0.125. The zero-order chi connectivity index (χ0) is 20.8. The molecule has 1 saturated heterocycles. The molecule has 6 nitrogen and oxygen atoms in total. The number of rotatable bonds is 3. The van der Waals surface area contributed by atoms with Gasteiger partial charge in [-0.25, -0.2) is 0 Å². The SMILES string of the molecule is C=C1CCC(N2C(=O)c3cccc(OC4CCc5ccccc5C4)c3C2=O)C(=O)N1. The van der Waals surface area contributed by atoms with Crippen molar-refractivity contribution in [3.05, 3.63) is 77.0 Å². The molecule has 1 aliphatic carbocycles. The molecule has 0 saturated carbocycles. The molecule has 152 valence electrons. The zero-order valence-corrected chi connectivity index (χ0v) is 16.5. The Kier molecular flexibility index (Phi) is 4.42. The molecule has 5 rings (SSSR count). The zero-order valence-electron chi connectivity index (χ0n) is 16.5. The molecule has 1 fully saturated rings. The number of carbonyl (C=O) groups excluding carboxylic acids is 3. The van der Waals surface area contributed by atoms with E-state index < -0.39 is 17.9 Å². The molecule has 1 N–H and O–H groups in total. The van der Waals surface area contributed by atoms with E-state index in [0.717, 1.165) is 24.2 Å². The lowest BCUT2D eigenvalue weighted by Crippen LogP contribution is -2.51. The Bertz CT molecular complexity index is 1090. The Morgan fingerprint density at radius 2 is 1.73 bits per heavy atom. The number of ether oxygens (including phenoxy) is 1. The third kappa shape index (κ3) is 3.00. The minimum atomic E-state index is -0.822. The van der Waals surface area contributed by atoms with Gasteiger partial charge >= 0.3 is 0 Å². The van der Waals surface area contributed by atoms with Crippen LogP contribution in [-0.2, 0) is 17.6 Å². The maximum absolute atomic E-state index is 13.2. The number of nitrogens with one attached hydrogen (secondary N) is 1. The van der Waals surface area contributed by atoms with Gasteiger partial charge in [-0.05, 0) is 48.9 Å². The molecule has 3 amide bonds. The second kappa shape index (κ2) is 7.13. The molecule has 2 unspecified atom stereocenters. The summed E-state index contributed by atoms with van der Waals surface area (Å²) in [5.41, 5.74) is 3.75. The summed E-state index contributed by atoms with van der Waals surface area (Å²) < 4.78 is 6.24. The minimum absolute atomic E-state index is 0.0651. The van der Waals surface area contributed by atoms with E-state index in [0.29, 0.717) is 29.9 Å². The minimum Gasteiger partial charge on any atom is -0.489 e. The lowest BCUT2D eigenvalue weighted by atomic mass is 9.90. The van der Waals surface area contributed by atoms with Crippen molar-refractivity contribution >= 4 is 17.7 Å². The summed E-state index contributed by atoms with van der Waals surface area (Å²) in [5, 5.41) is 2.65. The molecule has 2 aromatic carbocycles. The van der Waals surface area contributed by atoms with Gasteiger partial charge in [-0.1, -0.05) is 36.9 Å². The van der Waals surface area contributed by atoms with Crippen molar-refractivity contribution in [1.29, 1.82) is 0 Å². The van der Waals surface area contributed by atoms with Crippen LogP contribution in [-0.4, -0.2) is 34.8 Å². The summed E-state index contributed by atoms with van der Waals surface area (Å²) in [6, 6.07) is 12.6. The maximum atomic E-state index is 13.2. The molecule has 6 heteroatoms. The number of allylic oxidation sites excluding steroid dienone is 1. The van der Waals surface area contributed by atoms with Crippen LogP contribution < -0.4 is 10.1 Å². The van der Waals surface area contributed by atoms with E-state index in [1.54, 1.807) is 18.2 Å². The first-order valence-corrected chi connectivity index (χ1v) is 10.3. The maximum Gasteiger partial charge on any atom is 0.266 e. The first-order chi connectivity index (χ1) is 14.5. The summed E-state index contributed by atoms with van der Waals surface area (Å²) in [4.78, 5) is 39.7. The number of hydrogen-bond acceptors (Lipinski definition) is 4. The van der Waals surface area contributed by atoms with Gasteiger partial charge in [0.25, 0.3) is 11.8 Å². The molecule has 0 aromatic heterocycles. The van der Waals surface area contributed by atoms with Crippen molar-refractivity contribution in [2.24, 2.45) is 0 Å². The third-order valence-electron chi connectivity index (χ3n) is 6.14. The van der Waals surface area contributed by atoms with Crippen molar-refractivity contribution in [3.8, 4) is 5.75 Å². The summed E-state index contributed by atoms with van der Waals surface area (Å²) in [6.07, 6.45) is 3.38. The second-order valence-corrected chi connectivity index (χ2v) is 8.06. The van der Waals surface area contributed by atoms with Crippen LogP contribution in [0.25, 0.3) is 0 Å². The molecule has 30 heavy (non-hydrogen) atoms. The van der Waals surface area contributed by atoms with Gasteiger partial charge in [0.05, 0.1) is 11.1 Å². The molecule has 0 radical (unpaired) electrons. The summed E-state index contributed by atoms with van der Waals surface area (Å²) in [7, 11) is 0. The van der Waals surface area contributed by atoms with Crippen LogP contribution in [0, 0.1) is 0 Å². The van der Waals surface area contributed by atoms with Gasteiger partial charge in [0.2, 0.25) is 5.91 Å². The van der Waals surface area contributed by atoms with E-state index in [9.17, 15) is 14.4 Å². The summed E-state index contributed by atoms with van der Waals surface area (Å²) in [5.74, 6) is -0.859. The average Bonchev–Trinajstić information content (AvgIpc) is 2.99. The van der Waals surface area contributed by atoms with Gasteiger partial charge in [0, 0.05) is 12.1 Å². The summed E-state index contributed by atoms with van der Waals surface area (Å²) in [6.45, 7) is 3.76. The van der Waals surface area contributed by atoms with Crippen LogP contribution in [0.3, 0.4) is 0 Å². The van der Waals surface area contributed by atoms with Gasteiger partial charge in [-0.2, -0.15) is 0 Å².